The van der Waals surface area contributed by atoms with E-state index in [2.05, 4.69) is 40.9 Å². The molecular weight excluding hydrogens is 318 g/mol. The number of halogens is 1. The number of benzene rings is 2. The Balaban J connectivity index is 1.88. The molecular formula is C20H16ClN3. The van der Waals surface area contributed by atoms with Gasteiger partial charge in [0.15, 0.2) is 0 Å². The van der Waals surface area contributed by atoms with Crippen molar-refractivity contribution in [3.05, 3.63) is 83.5 Å². The number of hydrogen-bond donors (Lipinski definition) is 1. The van der Waals surface area contributed by atoms with E-state index >= 15 is 0 Å². The van der Waals surface area contributed by atoms with Crippen molar-refractivity contribution in [1.82, 2.24) is 9.38 Å². The van der Waals surface area contributed by atoms with Crippen molar-refractivity contribution < 1.29 is 0 Å². The largest absolute Gasteiger partial charge is 0.339 e. The molecule has 0 saturated heterocycles. The minimum atomic E-state index is 0.720. The summed E-state index contributed by atoms with van der Waals surface area (Å²) in [5.74, 6) is 0.943. The van der Waals surface area contributed by atoms with Crippen LogP contribution in [-0.2, 0) is 0 Å². The Morgan fingerprint density at radius 2 is 1.79 bits per heavy atom. The van der Waals surface area contributed by atoms with E-state index < -0.39 is 0 Å². The van der Waals surface area contributed by atoms with Crippen molar-refractivity contribution >= 4 is 28.8 Å². The van der Waals surface area contributed by atoms with Gasteiger partial charge in [-0.2, -0.15) is 0 Å². The molecule has 2 aromatic heterocycles. The Hall–Kier alpha value is -2.78. The predicted octanol–water partition coefficient (Wildman–Crippen LogP) is 5.71. The van der Waals surface area contributed by atoms with Gasteiger partial charge in [-0.25, -0.2) is 4.98 Å². The summed E-state index contributed by atoms with van der Waals surface area (Å²) < 4.78 is 2.06. The first-order chi connectivity index (χ1) is 11.7. The van der Waals surface area contributed by atoms with E-state index in [-0.39, 0.29) is 0 Å². The average Bonchev–Trinajstić information content (AvgIpc) is 2.96. The first-order valence-corrected chi connectivity index (χ1v) is 8.15. The highest BCUT2D eigenvalue weighted by Gasteiger charge is 2.14. The Morgan fingerprint density at radius 3 is 2.58 bits per heavy atom. The van der Waals surface area contributed by atoms with Crippen LogP contribution in [0.5, 0.6) is 0 Å². The van der Waals surface area contributed by atoms with E-state index in [0.29, 0.717) is 0 Å². The number of nitrogens with one attached hydrogen (secondary N) is 1. The highest BCUT2D eigenvalue weighted by molar-refractivity contribution is 6.30. The zero-order valence-electron chi connectivity index (χ0n) is 13.2. The number of rotatable bonds is 3. The quantitative estimate of drug-likeness (QED) is 0.520. The van der Waals surface area contributed by atoms with Crippen molar-refractivity contribution in [2.24, 2.45) is 0 Å². The number of anilines is 2. The minimum absolute atomic E-state index is 0.720. The second-order valence-electron chi connectivity index (χ2n) is 5.74. The van der Waals surface area contributed by atoms with E-state index in [0.717, 1.165) is 33.4 Å². The topological polar surface area (TPSA) is 29.3 Å². The van der Waals surface area contributed by atoms with Crippen LogP contribution >= 0.6 is 11.6 Å². The molecule has 4 heteroatoms. The summed E-state index contributed by atoms with van der Waals surface area (Å²) in [6.45, 7) is 2.09. The molecule has 2 heterocycles. The van der Waals surface area contributed by atoms with E-state index in [4.69, 9.17) is 16.6 Å². The van der Waals surface area contributed by atoms with Crippen molar-refractivity contribution in [2.75, 3.05) is 5.32 Å². The summed E-state index contributed by atoms with van der Waals surface area (Å²) >= 11 is 5.99. The second-order valence-corrected chi connectivity index (χ2v) is 6.18. The number of aryl methyl sites for hydroxylation is 1. The van der Waals surface area contributed by atoms with E-state index in [1.54, 1.807) is 0 Å². The maximum Gasteiger partial charge on any atom is 0.143 e. The first-order valence-electron chi connectivity index (χ1n) is 7.77. The Labute approximate surface area is 145 Å². The van der Waals surface area contributed by atoms with Gasteiger partial charge in [-0.1, -0.05) is 41.4 Å². The summed E-state index contributed by atoms with van der Waals surface area (Å²) in [5, 5.41) is 4.20. The SMILES string of the molecule is Cc1cccc(-c2nc3ccccn3c2Nc2ccc(Cl)cc2)c1. The number of hydrogen-bond acceptors (Lipinski definition) is 2. The van der Waals surface area contributed by atoms with Gasteiger partial charge >= 0.3 is 0 Å². The van der Waals surface area contributed by atoms with Crippen molar-refractivity contribution in [3.8, 4) is 11.3 Å². The van der Waals surface area contributed by atoms with Crippen LogP contribution in [0.4, 0.5) is 11.5 Å². The van der Waals surface area contributed by atoms with Crippen molar-refractivity contribution in [1.29, 1.82) is 0 Å². The number of nitrogens with zero attached hydrogens (tertiary/aromatic N) is 2. The zero-order chi connectivity index (χ0) is 16.5. The van der Waals surface area contributed by atoms with Gasteiger partial charge in [-0.15, -0.1) is 0 Å². The van der Waals surface area contributed by atoms with Crippen LogP contribution in [0.25, 0.3) is 16.9 Å². The lowest BCUT2D eigenvalue weighted by atomic mass is 10.1. The van der Waals surface area contributed by atoms with Crippen LogP contribution in [0.2, 0.25) is 5.02 Å². The normalized spacial score (nSPS) is 10.9. The lowest BCUT2D eigenvalue weighted by molar-refractivity contribution is 1.18. The van der Waals surface area contributed by atoms with Gasteiger partial charge in [-0.05, 0) is 49.4 Å². The van der Waals surface area contributed by atoms with Gasteiger partial charge in [-0.3, -0.25) is 4.40 Å². The summed E-state index contributed by atoms with van der Waals surface area (Å²) in [7, 11) is 0. The third-order valence-corrected chi connectivity index (χ3v) is 4.18. The fourth-order valence-corrected chi connectivity index (χ4v) is 2.90. The molecule has 24 heavy (non-hydrogen) atoms. The lowest BCUT2D eigenvalue weighted by Crippen LogP contribution is -1.96. The monoisotopic (exact) mass is 333 g/mol. The predicted molar refractivity (Wildman–Crippen MR) is 100 cm³/mol. The summed E-state index contributed by atoms with van der Waals surface area (Å²) in [4.78, 5) is 4.81. The molecule has 0 atom stereocenters. The molecule has 0 aliphatic carbocycles. The highest BCUT2D eigenvalue weighted by Crippen LogP contribution is 2.31. The first kappa shape index (κ1) is 14.8. The third kappa shape index (κ3) is 2.74. The molecule has 2 aromatic carbocycles. The molecule has 0 radical (unpaired) electrons. The van der Waals surface area contributed by atoms with Gasteiger partial charge < -0.3 is 5.32 Å². The summed E-state index contributed by atoms with van der Waals surface area (Å²) in [6.07, 6.45) is 2.01. The fraction of sp³-hybridized carbons (Fsp3) is 0.0500. The molecule has 0 aliphatic rings. The molecule has 0 saturated carbocycles. The second kappa shape index (κ2) is 6.02. The standard InChI is InChI=1S/C20H16ClN3/c1-14-5-4-6-15(13-14)19-20(22-17-10-8-16(21)9-11-17)24-12-3-2-7-18(24)23-19/h2-13,22H,1H3. The number of imidazole rings is 1. The van der Waals surface area contributed by atoms with Crippen LogP contribution in [0.3, 0.4) is 0 Å². The summed E-state index contributed by atoms with van der Waals surface area (Å²) in [6, 6.07) is 22.1. The van der Waals surface area contributed by atoms with E-state index in [1.807, 2.05) is 48.7 Å². The Bertz CT molecular complexity index is 1000. The Kier molecular flexibility index (Phi) is 3.71. The smallest absolute Gasteiger partial charge is 0.143 e. The van der Waals surface area contributed by atoms with Crippen LogP contribution in [0.1, 0.15) is 5.56 Å². The van der Waals surface area contributed by atoms with Gasteiger partial charge in [0.05, 0.1) is 0 Å². The van der Waals surface area contributed by atoms with Crippen LogP contribution in [-0.4, -0.2) is 9.38 Å². The maximum atomic E-state index is 5.99. The molecule has 1 N–H and O–H groups in total. The van der Waals surface area contributed by atoms with Gasteiger partial charge in [0.25, 0.3) is 0 Å². The maximum absolute atomic E-state index is 5.99. The van der Waals surface area contributed by atoms with E-state index in [9.17, 15) is 0 Å². The molecule has 0 amide bonds. The molecule has 118 valence electrons. The minimum Gasteiger partial charge on any atom is -0.339 e. The lowest BCUT2D eigenvalue weighted by Gasteiger charge is -2.09. The van der Waals surface area contributed by atoms with Crippen molar-refractivity contribution in [2.45, 2.75) is 6.92 Å². The Morgan fingerprint density at radius 1 is 0.958 bits per heavy atom. The van der Waals surface area contributed by atoms with Crippen molar-refractivity contribution in [3.63, 3.8) is 0 Å². The van der Waals surface area contributed by atoms with Crippen LogP contribution in [0.15, 0.2) is 72.9 Å². The summed E-state index contributed by atoms with van der Waals surface area (Å²) in [5.41, 5.74) is 5.11. The number of pyridine rings is 1. The van der Waals surface area contributed by atoms with Gasteiger partial charge in [0, 0.05) is 22.5 Å². The van der Waals surface area contributed by atoms with Crippen LogP contribution in [0, 0.1) is 6.92 Å². The highest BCUT2D eigenvalue weighted by atomic mass is 35.5. The molecule has 0 spiro atoms. The molecule has 4 aromatic rings. The molecule has 0 fully saturated rings. The van der Waals surface area contributed by atoms with Crippen LogP contribution < -0.4 is 5.32 Å². The van der Waals surface area contributed by atoms with E-state index in [1.165, 1.54) is 5.56 Å². The number of fused-ring (bicyclic) bond motifs is 1. The average molecular weight is 334 g/mol. The van der Waals surface area contributed by atoms with Gasteiger partial charge in [0.2, 0.25) is 0 Å². The van der Waals surface area contributed by atoms with Gasteiger partial charge in [0.1, 0.15) is 17.2 Å². The fourth-order valence-electron chi connectivity index (χ4n) is 2.78. The third-order valence-electron chi connectivity index (χ3n) is 3.93. The molecule has 4 rings (SSSR count). The molecule has 0 aliphatic heterocycles. The number of aromatic nitrogens is 2. The zero-order valence-corrected chi connectivity index (χ0v) is 14.0. The molecule has 3 nitrogen and oxygen atoms in total. The molecule has 0 bridgehead atoms. The molecule has 0 unspecified atom stereocenters.